The normalized spacial score (nSPS) is 19.0. The van der Waals surface area contributed by atoms with E-state index in [0.29, 0.717) is 5.82 Å². The molecule has 1 amide bonds. The van der Waals surface area contributed by atoms with E-state index in [-0.39, 0.29) is 5.91 Å². The monoisotopic (exact) mass is 249 g/mol. The lowest BCUT2D eigenvalue weighted by Gasteiger charge is -2.46. The molecule has 1 aromatic heterocycles. The number of piperazine rings is 1. The third-order valence-corrected chi connectivity index (χ3v) is 3.41. The molecule has 0 atom stereocenters. The zero-order valence-electron chi connectivity index (χ0n) is 11.0. The highest BCUT2D eigenvalue weighted by Crippen LogP contribution is 2.29. The summed E-state index contributed by atoms with van der Waals surface area (Å²) in [5.74, 6) is 6.07. The van der Waals surface area contributed by atoms with Crippen molar-refractivity contribution in [3.63, 3.8) is 0 Å². The first-order valence-electron chi connectivity index (χ1n) is 5.92. The van der Waals surface area contributed by atoms with Crippen LogP contribution in [0.5, 0.6) is 0 Å². The molecule has 1 saturated heterocycles. The average Bonchev–Trinajstić information content (AvgIpc) is 2.36. The van der Waals surface area contributed by atoms with Gasteiger partial charge in [0.05, 0.1) is 0 Å². The van der Waals surface area contributed by atoms with Gasteiger partial charge in [-0.05, 0) is 19.9 Å². The van der Waals surface area contributed by atoms with Crippen LogP contribution in [0.2, 0.25) is 0 Å². The number of nitrogens with one attached hydrogen (secondary N) is 1. The smallest absolute Gasteiger partial charge is 0.247 e. The zero-order chi connectivity index (χ0) is 13.3. The first-order chi connectivity index (χ1) is 8.46. The summed E-state index contributed by atoms with van der Waals surface area (Å²) in [6.07, 6.45) is 1.68. The fourth-order valence-corrected chi connectivity index (χ4v) is 2.33. The van der Waals surface area contributed by atoms with Gasteiger partial charge in [-0.2, -0.15) is 0 Å². The van der Waals surface area contributed by atoms with Crippen LogP contribution in [0.1, 0.15) is 13.8 Å². The Balaban J connectivity index is 2.34. The van der Waals surface area contributed by atoms with Gasteiger partial charge in [0.15, 0.2) is 0 Å². The predicted octanol–water partition coefficient (Wildman–Crippen LogP) is 0.424. The molecule has 18 heavy (non-hydrogen) atoms. The molecule has 0 aliphatic carbocycles. The maximum Gasteiger partial charge on any atom is 0.247 e. The molecule has 0 bridgehead atoms. The maximum atomic E-state index is 12.2. The van der Waals surface area contributed by atoms with Gasteiger partial charge in [0.1, 0.15) is 11.4 Å². The molecule has 1 fully saturated rings. The number of hydrogen-bond acceptors (Lipinski definition) is 5. The van der Waals surface area contributed by atoms with Gasteiger partial charge < -0.3 is 15.2 Å². The minimum atomic E-state index is -0.555. The van der Waals surface area contributed by atoms with Crippen molar-refractivity contribution in [2.75, 3.05) is 30.5 Å². The Morgan fingerprint density at radius 3 is 2.83 bits per heavy atom. The lowest BCUT2D eigenvalue weighted by molar-refractivity contribution is -0.136. The third-order valence-electron chi connectivity index (χ3n) is 3.41. The molecule has 0 spiro atoms. The molecule has 0 radical (unpaired) electrons. The highest BCUT2D eigenvalue weighted by Gasteiger charge is 2.40. The molecule has 6 nitrogen and oxygen atoms in total. The Bertz CT molecular complexity index is 460. The molecule has 98 valence electrons. The van der Waals surface area contributed by atoms with Crippen LogP contribution in [0.4, 0.5) is 11.5 Å². The van der Waals surface area contributed by atoms with E-state index in [0.717, 1.165) is 18.8 Å². The fourth-order valence-electron chi connectivity index (χ4n) is 2.33. The van der Waals surface area contributed by atoms with Crippen LogP contribution in [0, 0.1) is 0 Å². The number of pyridine rings is 1. The first-order valence-corrected chi connectivity index (χ1v) is 5.92. The molecule has 2 rings (SSSR count). The topological polar surface area (TPSA) is 74.5 Å². The molecule has 0 aromatic carbocycles. The molecular formula is C12H19N5O. The van der Waals surface area contributed by atoms with E-state index >= 15 is 0 Å². The standard InChI is InChI=1S/C12H19N5O/c1-12(2)11(18)16(3)6-7-17(12)9-4-5-14-10(8-9)15-13/h4-5,8H,6-7,13H2,1-3H3,(H,14,15). The van der Waals surface area contributed by atoms with Crippen LogP contribution in [0.25, 0.3) is 0 Å². The van der Waals surface area contributed by atoms with Gasteiger partial charge >= 0.3 is 0 Å². The van der Waals surface area contributed by atoms with E-state index in [4.69, 9.17) is 5.84 Å². The number of carbonyl (C=O) groups is 1. The predicted molar refractivity (Wildman–Crippen MR) is 71.1 cm³/mol. The summed E-state index contributed by atoms with van der Waals surface area (Å²) in [6, 6.07) is 3.74. The van der Waals surface area contributed by atoms with Crippen LogP contribution in [-0.4, -0.2) is 41.5 Å². The Morgan fingerprint density at radius 2 is 2.17 bits per heavy atom. The highest BCUT2D eigenvalue weighted by molar-refractivity contribution is 5.90. The number of aromatic nitrogens is 1. The Morgan fingerprint density at radius 1 is 1.44 bits per heavy atom. The minimum absolute atomic E-state index is 0.118. The molecule has 0 unspecified atom stereocenters. The number of amides is 1. The van der Waals surface area contributed by atoms with Crippen molar-refractivity contribution in [2.45, 2.75) is 19.4 Å². The fraction of sp³-hybridized carbons (Fsp3) is 0.500. The Hall–Kier alpha value is -1.82. The van der Waals surface area contributed by atoms with Crippen molar-refractivity contribution in [3.8, 4) is 0 Å². The second kappa shape index (κ2) is 4.45. The third kappa shape index (κ3) is 1.99. The number of rotatable bonds is 2. The van der Waals surface area contributed by atoms with Gasteiger partial charge in [0.25, 0.3) is 0 Å². The van der Waals surface area contributed by atoms with E-state index in [9.17, 15) is 4.79 Å². The van der Waals surface area contributed by atoms with Crippen molar-refractivity contribution in [1.82, 2.24) is 9.88 Å². The Labute approximate surface area is 107 Å². The number of carbonyl (C=O) groups excluding carboxylic acids is 1. The van der Waals surface area contributed by atoms with Gasteiger partial charge in [-0.15, -0.1) is 0 Å². The molecule has 1 aromatic rings. The molecule has 0 saturated carbocycles. The number of nitrogens with two attached hydrogens (primary N) is 1. The largest absolute Gasteiger partial charge is 0.356 e. The molecular weight excluding hydrogens is 230 g/mol. The maximum absolute atomic E-state index is 12.2. The zero-order valence-corrected chi connectivity index (χ0v) is 11.0. The van der Waals surface area contributed by atoms with Crippen molar-refractivity contribution in [2.24, 2.45) is 5.84 Å². The number of hydrazine groups is 1. The van der Waals surface area contributed by atoms with Crippen LogP contribution >= 0.6 is 0 Å². The Kier molecular flexibility index (Phi) is 3.13. The van der Waals surface area contributed by atoms with Crippen molar-refractivity contribution in [1.29, 1.82) is 0 Å². The quantitative estimate of drug-likeness (QED) is 0.587. The summed E-state index contributed by atoms with van der Waals surface area (Å²) in [7, 11) is 1.83. The van der Waals surface area contributed by atoms with Gasteiger partial charge in [0, 0.05) is 38.1 Å². The summed E-state index contributed by atoms with van der Waals surface area (Å²) >= 11 is 0. The lowest BCUT2D eigenvalue weighted by atomic mass is 9.97. The molecule has 1 aliphatic rings. The van der Waals surface area contributed by atoms with Gasteiger partial charge in [0.2, 0.25) is 5.91 Å². The second-order valence-electron chi connectivity index (χ2n) is 4.98. The number of anilines is 2. The van der Waals surface area contributed by atoms with Gasteiger partial charge in [-0.3, -0.25) is 4.79 Å². The molecule has 6 heteroatoms. The van der Waals surface area contributed by atoms with E-state index in [2.05, 4.69) is 15.3 Å². The van der Waals surface area contributed by atoms with E-state index < -0.39 is 5.54 Å². The van der Waals surface area contributed by atoms with Gasteiger partial charge in [-0.25, -0.2) is 10.8 Å². The van der Waals surface area contributed by atoms with E-state index in [1.807, 2.05) is 33.0 Å². The van der Waals surface area contributed by atoms with E-state index in [1.165, 1.54) is 0 Å². The van der Waals surface area contributed by atoms with Crippen molar-refractivity contribution < 1.29 is 4.79 Å². The average molecular weight is 249 g/mol. The highest BCUT2D eigenvalue weighted by atomic mass is 16.2. The summed E-state index contributed by atoms with van der Waals surface area (Å²) < 4.78 is 0. The van der Waals surface area contributed by atoms with Crippen LogP contribution in [0.15, 0.2) is 18.3 Å². The summed E-state index contributed by atoms with van der Waals surface area (Å²) in [5.41, 5.74) is 2.91. The van der Waals surface area contributed by atoms with Crippen molar-refractivity contribution in [3.05, 3.63) is 18.3 Å². The SMILES string of the molecule is CN1CCN(c2ccnc(NN)c2)C(C)(C)C1=O. The molecule has 3 N–H and O–H groups in total. The van der Waals surface area contributed by atoms with Crippen LogP contribution in [-0.2, 0) is 4.79 Å². The number of hydrogen-bond donors (Lipinski definition) is 2. The van der Waals surface area contributed by atoms with Crippen LogP contribution < -0.4 is 16.2 Å². The minimum Gasteiger partial charge on any atom is -0.356 e. The van der Waals surface area contributed by atoms with Crippen LogP contribution in [0.3, 0.4) is 0 Å². The second-order valence-corrected chi connectivity index (χ2v) is 4.98. The number of likely N-dealkylation sites (N-methyl/N-ethyl adjacent to an activating group) is 1. The number of nitrogen functional groups attached to an aromatic ring is 1. The van der Waals surface area contributed by atoms with Crippen molar-refractivity contribution >= 4 is 17.4 Å². The lowest BCUT2D eigenvalue weighted by Crippen LogP contribution is -2.62. The molecule has 2 heterocycles. The number of nitrogens with zero attached hydrogens (tertiary/aromatic N) is 3. The molecule has 1 aliphatic heterocycles. The first kappa shape index (κ1) is 12.6. The summed E-state index contributed by atoms with van der Waals surface area (Å²) in [6.45, 7) is 5.38. The summed E-state index contributed by atoms with van der Waals surface area (Å²) in [4.78, 5) is 20.1. The van der Waals surface area contributed by atoms with Gasteiger partial charge in [-0.1, -0.05) is 0 Å². The van der Waals surface area contributed by atoms with E-state index in [1.54, 1.807) is 11.1 Å². The summed E-state index contributed by atoms with van der Waals surface area (Å²) in [5, 5.41) is 0.